The summed E-state index contributed by atoms with van der Waals surface area (Å²) in [5.41, 5.74) is 0.161. The summed E-state index contributed by atoms with van der Waals surface area (Å²) < 4.78 is 37.6. The first-order valence-corrected chi connectivity index (χ1v) is 8.79. The van der Waals surface area contributed by atoms with Gasteiger partial charge in [-0.25, -0.2) is 8.42 Å². The van der Waals surface area contributed by atoms with E-state index in [1.54, 1.807) is 0 Å². The van der Waals surface area contributed by atoms with Crippen molar-refractivity contribution >= 4 is 50.5 Å². The van der Waals surface area contributed by atoms with Gasteiger partial charge in [0.1, 0.15) is 11.5 Å². The normalized spacial score (nSPS) is 11.2. The van der Waals surface area contributed by atoms with E-state index in [-0.39, 0.29) is 31.4 Å². The van der Waals surface area contributed by atoms with Gasteiger partial charge in [-0.1, -0.05) is 34.8 Å². The number of benzene rings is 2. The first-order valence-electron chi connectivity index (χ1n) is 6.17. The number of anilines is 1. The van der Waals surface area contributed by atoms with Gasteiger partial charge >= 0.3 is 0 Å². The second-order valence-electron chi connectivity index (χ2n) is 4.40. The highest BCUT2D eigenvalue weighted by atomic mass is 35.5. The Bertz CT molecular complexity index is 820. The summed E-state index contributed by atoms with van der Waals surface area (Å²) in [7, 11) is -1.08. The van der Waals surface area contributed by atoms with Gasteiger partial charge in [-0.05, 0) is 24.3 Å². The van der Waals surface area contributed by atoms with Gasteiger partial charge in [0.2, 0.25) is 0 Å². The summed E-state index contributed by atoms with van der Waals surface area (Å²) in [5, 5.41) is 0.644. The first-order chi connectivity index (χ1) is 10.8. The molecule has 0 spiro atoms. The molecule has 2 aromatic carbocycles. The zero-order valence-corrected chi connectivity index (χ0v) is 15.1. The molecule has 0 atom stereocenters. The van der Waals surface area contributed by atoms with Crippen LogP contribution in [0.25, 0.3) is 0 Å². The van der Waals surface area contributed by atoms with Crippen LogP contribution in [0.5, 0.6) is 11.5 Å². The lowest BCUT2D eigenvalue weighted by molar-refractivity contribution is 0.396. The van der Waals surface area contributed by atoms with Crippen molar-refractivity contribution in [3.05, 3.63) is 45.4 Å². The summed E-state index contributed by atoms with van der Waals surface area (Å²) in [6, 6.07) is 6.88. The zero-order valence-electron chi connectivity index (χ0n) is 12.1. The average Bonchev–Trinajstić information content (AvgIpc) is 2.46. The van der Waals surface area contributed by atoms with Crippen LogP contribution in [0.15, 0.2) is 35.2 Å². The lowest BCUT2D eigenvalue weighted by atomic mass is 10.3. The molecule has 0 amide bonds. The Hall–Kier alpha value is -1.34. The molecule has 0 heterocycles. The third-order valence-electron chi connectivity index (χ3n) is 2.86. The molecule has 0 aromatic heterocycles. The molecule has 0 saturated heterocycles. The van der Waals surface area contributed by atoms with Gasteiger partial charge in [0, 0.05) is 16.1 Å². The van der Waals surface area contributed by atoms with Crippen molar-refractivity contribution in [1.82, 2.24) is 0 Å². The standard InChI is InChI=1S/C14H12Cl3NO4S/c1-21-13-7-14(22-2)12(6-11(13)17)18-23(19,20)10-4-8(15)3-9(16)5-10/h3-7,18H,1-2H3. The minimum Gasteiger partial charge on any atom is -0.495 e. The minimum atomic E-state index is -3.93. The van der Waals surface area contributed by atoms with Crippen LogP contribution in [0.1, 0.15) is 0 Å². The molecular formula is C14H12Cl3NO4S. The van der Waals surface area contributed by atoms with E-state index in [2.05, 4.69) is 4.72 Å². The molecule has 0 saturated carbocycles. The molecule has 0 radical (unpaired) electrons. The van der Waals surface area contributed by atoms with Gasteiger partial charge in [-0.2, -0.15) is 0 Å². The average molecular weight is 397 g/mol. The lowest BCUT2D eigenvalue weighted by Crippen LogP contribution is -2.14. The third kappa shape index (κ3) is 4.14. The van der Waals surface area contributed by atoms with Crippen molar-refractivity contribution in [2.24, 2.45) is 0 Å². The number of nitrogens with one attached hydrogen (secondary N) is 1. The van der Waals surface area contributed by atoms with E-state index in [4.69, 9.17) is 44.3 Å². The van der Waals surface area contributed by atoms with Crippen molar-refractivity contribution in [2.45, 2.75) is 4.90 Å². The molecule has 23 heavy (non-hydrogen) atoms. The lowest BCUT2D eigenvalue weighted by Gasteiger charge is -2.14. The maximum atomic E-state index is 12.5. The number of hydrogen-bond acceptors (Lipinski definition) is 4. The van der Waals surface area contributed by atoms with Gasteiger partial charge in [-0.15, -0.1) is 0 Å². The molecule has 0 bridgehead atoms. The number of methoxy groups -OCH3 is 2. The number of rotatable bonds is 5. The first kappa shape index (κ1) is 18.0. The van der Waals surface area contributed by atoms with E-state index in [0.717, 1.165) is 0 Å². The fraction of sp³-hybridized carbons (Fsp3) is 0.143. The van der Waals surface area contributed by atoms with Crippen LogP contribution in [0, 0.1) is 0 Å². The van der Waals surface area contributed by atoms with Gasteiger partial charge < -0.3 is 9.47 Å². The second-order valence-corrected chi connectivity index (χ2v) is 7.36. The number of sulfonamides is 1. The molecule has 124 valence electrons. The molecule has 2 aromatic rings. The summed E-state index contributed by atoms with van der Waals surface area (Å²) in [5.74, 6) is 0.611. The fourth-order valence-electron chi connectivity index (χ4n) is 1.83. The number of ether oxygens (including phenoxy) is 2. The minimum absolute atomic E-state index is 0.0796. The van der Waals surface area contributed by atoms with Crippen molar-refractivity contribution < 1.29 is 17.9 Å². The van der Waals surface area contributed by atoms with E-state index >= 15 is 0 Å². The number of halogens is 3. The molecule has 5 nitrogen and oxygen atoms in total. The van der Waals surface area contributed by atoms with E-state index in [0.29, 0.717) is 5.75 Å². The summed E-state index contributed by atoms with van der Waals surface area (Å²) in [6.45, 7) is 0. The summed E-state index contributed by atoms with van der Waals surface area (Å²) in [6.07, 6.45) is 0. The highest BCUT2D eigenvalue weighted by molar-refractivity contribution is 7.92. The largest absolute Gasteiger partial charge is 0.495 e. The van der Waals surface area contributed by atoms with Crippen LogP contribution in [0.2, 0.25) is 15.1 Å². The van der Waals surface area contributed by atoms with Crippen LogP contribution in [0.3, 0.4) is 0 Å². The maximum Gasteiger partial charge on any atom is 0.262 e. The Labute approximate surface area is 149 Å². The Morgan fingerprint density at radius 1 is 0.870 bits per heavy atom. The van der Waals surface area contributed by atoms with E-state index in [1.807, 2.05) is 0 Å². The molecular weight excluding hydrogens is 385 g/mol. The third-order valence-corrected chi connectivity index (χ3v) is 4.94. The van der Waals surface area contributed by atoms with Crippen molar-refractivity contribution in [3.8, 4) is 11.5 Å². The predicted octanol–water partition coefficient (Wildman–Crippen LogP) is 4.46. The van der Waals surface area contributed by atoms with Crippen LogP contribution in [0.4, 0.5) is 5.69 Å². The Kier molecular flexibility index (Phi) is 5.52. The monoisotopic (exact) mass is 395 g/mol. The Balaban J connectivity index is 2.46. The topological polar surface area (TPSA) is 64.6 Å². The van der Waals surface area contributed by atoms with Crippen LogP contribution < -0.4 is 14.2 Å². The van der Waals surface area contributed by atoms with Gasteiger partial charge in [0.05, 0.1) is 29.8 Å². The highest BCUT2D eigenvalue weighted by Gasteiger charge is 2.19. The predicted molar refractivity (Wildman–Crippen MR) is 91.8 cm³/mol. The second kappa shape index (κ2) is 7.05. The smallest absolute Gasteiger partial charge is 0.262 e. The molecule has 0 aliphatic carbocycles. The van der Waals surface area contributed by atoms with Gasteiger partial charge in [0.15, 0.2) is 0 Å². The van der Waals surface area contributed by atoms with E-state index < -0.39 is 10.0 Å². The van der Waals surface area contributed by atoms with Gasteiger partial charge in [-0.3, -0.25) is 4.72 Å². The molecule has 1 N–H and O–H groups in total. The highest BCUT2D eigenvalue weighted by Crippen LogP contribution is 2.37. The Morgan fingerprint density at radius 3 is 1.96 bits per heavy atom. The Morgan fingerprint density at radius 2 is 1.43 bits per heavy atom. The molecule has 2 rings (SSSR count). The molecule has 0 fully saturated rings. The molecule has 0 aliphatic heterocycles. The quantitative estimate of drug-likeness (QED) is 0.810. The summed E-state index contributed by atoms with van der Waals surface area (Å²) in [4.78, 5) is -0.0796. The SMILES string of the molecule is COc1cc(OC)c(NS(=O)(=O)c2cc(Cl)cc(Cl)c2)cc1Cl. The zero-order chi connectivity index (χ0) is 17.2. The van der Waals surface area contributed by atoms with E-state index in [1.165, 1.54) is 44.6 Å². The molecule has 0 aliphatic rings. The van der Waals surface area contributed by atoms with E-state index in [9.17, 15) is 8.42 Å². The molecule has 0 unspecified atom stereocenters. The van der Waals surface area contributed by atoms with Crippen LogP contribution in [-0.2, 0) is 10.0 Å². The fourth-order valence-corrected chi connectivity index (χ4v) is 3.85. The summed E-state index contributed by atoms with van der Waals surface area (Å²) >= 11 is 17.7. The van der Waals surface area contributed by atoms with Crippen molar-refractivity contribution in [3.63, 3.8) is 0 Å². The number of hydrogen-bond donors (Lipinski definition) is 1. The van der Waals surface area contributed by atoms with Crippen LogP contribution >= 0.6 is 34.8 Å². The van der Waals surface area contributed by atoms with Crippen LogP contribution in [-0.4, -0.2) is 22.6 Å². The van der Waals surface area contributed by atoms with Crippen molar-refractivity contribution in [1.29, 1.82) is 0 Å². The van der Waals surface area contributed by atoms with Gasteiger partial charge in [0.25, 0.3) is 10.0 Å². The van der Waals surface area contributed by atoms with Crippen molar-refractivity contribution in [2.75, 3.05) is 18.9 Å². The molecule has 9 heteroatoms. The maximum absolute atomic E-state index is 12.5.